The molecule has 0 aliphatic heterocycles. The summed E-state index contributed by atoms with van der Waals surface area (Å²) in [6.45, 7) is 2.05. The molecule has 0 bridgehead atoms. The zero-order valence-electron chi connectivity index (χ0n) is 13.7. The summed E-state index contributed by atoms with van der Waals surface area (Å²) < 4.78 is 1.88. The van der Waals surface area contributed by atoms with Gasteiger partial charge in [0.05, 0.1) is 11.7 Å². The summed E-state index contributed by atoms with van der Waals surface area (Å²) in [6, 6.07) is 16.2. The number of rotatable bonds is 4. The molecule has 1 aromatic heterocycles. The van der Waals surface area contributed by atoms with Gasteiger partial charge in [0.1, 0.15) is 0 Å². The Morgan fingerprint density at radius 2 is 2.04 bits per heavy atom. The van der Waals surface area contributed by atoms with Crippen LogP contribution in [0.1, 0.15) is 16.8 Å². The Kier molecular flexibility index (Phi) is 4.96. The van der Waals surface area contributed by atoms with Crippen LogP contribution in [0, 0.1) is 6.92 Å². The zero-order chi connectivity index (χ0) is 16.9. The Balaban J connectivity index is 1.64. The number of amidine groups is 1. The standard InChI is InChI=1S/C18H19N5S/c1-13-16-9-8-15(10-17(16)22-23(13)2)11-20-21-18(19)24-12-14-6-4-3-5-7-14/h3-11H,12H2,1-2H3,(H2,19,21). The van der Waals surface area contributed by atoms with E-state index in [1.54, 1.807) is 6.21 Å². The molecule has 0 aliphatic rings. The maximum atomic E-state index is 5.88. The van der Waals surface area contributed by atoms with E-state index in [1.165, 1.54) is 17.3 Å². The van der Waals surface area contributed by atoms with Crippen molar-refractivity contribution in [3.8, 4) is 0 Å². The largest absolute Gasteiger partial charge is 0.377 e. The van der Waals surface area contributed by atoms with Crippen LogP contribution in [-0.2, 0) is 12.8 Å². The van der Waals surface area contributed by atoms with Gasteiger partial charge in [-0.05, 0) is 24.1 Å². The van der Waals surface area contributed by atoms with Crippen molar-refractivity contribution >= 4 is 34.0 Å². The fourth-order valence-corrected chi connectivity index (χ4v) is 2.95. The number of fused-ring (bicyclic) bond motifs is 1. The summed E-state index contributed by atoms with van der Waals surface area (Å²) in [5, 5.41) is 14.2. The minimum absolute atomic E-state index is 0.449. The SMILES string of the molecule is Cc1c2ccc(C=NN=C(N)SCc3ccccc3)cc2nn1C. The topological polar surface area (TPSA) is 68.6 Å². The van der Waals surface area contributed by atoms with Gasteiger partial charge in [-0.3, -0.25) is 4.68 Å². The zero-order valence-corrected chi connectivity index (χ0v) is 14.5. The molecule has 3 aromatic rings. The van der Waals surface area contributed by atoms with E-state index < -0.39 is 0 Å². The molecule has 1 heterocycles. The molecule has 0 atom stereocenters. The highest BCUT2D eigenvalue weighted by atomic mass is 32.2. The van der Waals surface area contributed by atoms with Gasteiger partial charge in [-0.15, -0.1) is 5.10 Å². The number of nitrogens with zero attached hydrogens (tertiary/aromatic N) is 4. The van der Waals surface area contributed by atoms with E-state index >= 15 is 0 Å². The van der Waals surface area contributed by atoms with Crippen LogP contribution in [0.2, 0.25) is 0 Å². The highest BCUT2D eigenvalue weighted by Gasteiger charge is 2.04. The summed E-state index contributed by atoms with van der Waals surface area (Å²) >= 11 is 1.47. The van der Waals surface area contributed by atoms with Crippen LogP contribution in [0.25, 0.3) is 10.9 Å². The Hall–Kier alpha value is -2.60. The first-order valence-electron chi connectivity index (χ1n) is 7.60. The Morgan fingerprint density at radius 3 is 2.83 bits per heavy atom. The third-order valence-electron chi connectivity index (χ3n) is 3.75. The van der Waals surface area contributed by atoms with Crippen molar-refractivity contribution in [1.29, 1.82) is 0 Å². The van der Waals surface area contributed by atoms with Crippen LogP contribution < -0.4 is 5.73 Å². The first-order valence-corrected chi connectivity index (χ1v) is 8.58. The number of hydrogen-bond acceptors (Lipinski definition) is 4. The number of thioether (sulfide) groups is 1. The third-order valence-corrected chi connectivity index (χ3v) is 4.60. The van der Waals surface area contributed by atoms with Crippen LogP contribution in [0.5, 0.6) is 0 Å². The molecule has 24 heavy (non-hydrogen) atoms. The summed E-state index contributed by atoms with van der Waals surface area (Å²) in [5.41, 5.74) is 10.1. The van der Waals surface area contributed by atoms with E-state index in [2.05, 4.69) is 40.4 Å². The van der Waals surface area contributed by atoms with Crippen molar-refractivity contribution in [1.82, 2.24) is 9.78 Å². The molecule has 0 amide bonds. The lowest BCUT2D eigenvalue weighted by Gasteiger charge is -1.99. The molecule has 0 saturated heterocycles. The van der Waals surface area contributed by atoms with Gasteiger partial charge >= 0.3 is 0 Å². The number of benzene rings is 2. The maximum absolute atomic E-state index is 5.88. The molecule has 2 N–H and O–H groups in total. The van der Waals surface area contributed by atoms with Gasteiger partial charge in [-0.25, -0.2) is 0 Å². The number of nitrogens with two attached hydrogens (primary N) is 1. The summed E-state index contributed by atoms with van der Waals surface area (Å²) in [6.07, 6.45) is 1.69. The van der Waals surface area contributed by atoms with Crippen molar-refractivity contribution in [3.63, 3.8) is 0 Å². The second-order valence-electron chi connectivity index (χ2n) is 5.44. The van der Waals surface area contributed by atoms with Gasteiger partial charge in [0.2, 0.25) is 0 Å². The molecular formula is C18H19N5S. The molecule has 2 aromatic carbocycles. The van der Waals surface area contributed by atoms with Crippen LogP contribution >= 0.6 is 11.8 Å². The quantitative estimate of drug-likeness (QED) is 0.450. The molecule has 5 nitrogen and oxygen atoms in total. The molecule has 0 aliphatic carbocycles. The summed E-state index contributed by atoms with van der Waals surface area (Å²) in [4.78, 5) is 0. The number of aryl methyl sites for hydroxylation is 2. The predicted octanol–water partition coefficient (Wildman–Crippen LogP) is 3.46. The average molecular weight is 337 g/mol. The maximum Gasteiger partial charge on any atom is 0.180 e. The van der Waals surface area contributed by atoms with Crippen molar-refractivity contribution in [3.05, 3.63) is 65.4 Å². The van der Waals surface area contributed by atoms with E-state index in [0.717, 1.165) is 27.9 Å². The van der Waals surface area contributed by atoms with E-state index in [0.29, 0.717) is 5.17 Å². The summed E-state index contributed by atoms with van der Waals surface area (Å²) in [7, 11) is 1.94. The Morgan fingerprint density at radius 1 is 1.25 bits per heavy atom. The first-order chi connectivity index (χ1) is 11.6. The molecule has 0 saturated carbocycles. The lowest BCUT2D eigenvalue weighted by molar-refractivity contribution is 0.751. The highest BCUT2D eigenvalue weighted by Crippen LogP contribution is 2.17. The summed E-state index contributed by atoms with van der Waals surface area (Å²) in [5.74, 6) is 0.783. The number of aromatic nitrogens is 2. The van der Waals surface area contributed by atoms with Gasteiger partial charge in [-0.2, -0.15) is 10.2 Å². The fourth-order valence-electron chi connectivity index (χ4n) is 2.34. The van der Waals surface area contributed by atoms with Crippen molar-refractivity contribution in [2.75, 3.05) is 0 Å². The van der Waals surface area contributed by atoms with Gasteiger partial charge in [0, 0.05) is 23.9 Å². The van der Waals surface area contributed by atoms with E-state index in [-0.39, 0.29) is 0 Å². The van der Waals surface area contributed by atoms with Crippen LogP contribution in [0.3, 0.4) is 0 Å². The molecule has 0 spiro atoms. The first kappa shape index (κ1) is 16.3. The third kappa shape index (κ3) is 3.83. The van der Waals surface area contributed by atoms with E-state index in [4.69, 9.17) is 5.73 Å². The van der Waals surface area contributed by atoms with Crippen molar-refractivity contribution in [2.24, 2.45) is 23.0 Å². The van der Waals surface area contributed by atoms with Gasteiger partial charge < -0.3 is 5.73 Å². The smallest absolute Gasteiger partial charge is 0.180 e. The van der Waals surface area contributed by atoms with E-state index in [1.807, 2.05) is 42.1 Å². The Bertz CT molecular complexity index is 896. The van der Waals surface area contributed by atoms with Crippen LogP contribution in [-0.4, -0.2) is 21.2 Å². The average Bonchev–Trinajstić information content (AvgIpc) is 2.88. The van der Waals surface area contributed by atoms with Gasteiger partial charge in [0.15, 0.2) is 5.17 Å². The van der Waals surface area contributed by atoms with Crippen LogP contribution in [0.4, 0.5) is 0 Å². The molecule has 6 heteroatoms. The molecule has 3 rings (SSSR count). The molecule has 0 fully saturated rings. The minimum Gasteiger partial charge on any atom is -0.377 e. The number of hydrogen-bond donors (Lipinski definition) is 1. The molecule has 0 unspecified atom stereocenters. The van der Waals surface area contributed by atoms with Crippen molar-refractivity contribution in [2.45, 2.75) is 12.7 Å². The Labute approximate surface area is 145 Å². The lowest BCUT2D eigenvalue weighted by Crippen LogP contribution is -2.05. The van der Waals surface area contributed by atoms with Gasteiger partial charge in [-0.1, -0.05) is 54.2 Å². The second kappa shape index (κ2) is 7.31. The normalized spacial score (nSPS) is 12.3. The molecule has 122 valence electrons. The predicted molar refractivity (Wildman–Crippen MR) is 102 cm³/mol. The fraction of sp³-hybridized carbons (Fsp3) is 0.167. The molecule has 0 radical (unpaired) electrons. The van der Waals surface area contributed by atoms with Crippen molar-refractivity contribution < 1.29 is 0 Å². The monoisotopic (exact) mass is 337 g/mol. The van der Waals surface area contributed by atoms with Gasteiger partial charge in [0.25, 0.3) is 0 Å². The van der Waals surface area contributed by atoms with E-state index in [9.17, 15) is 0 Å². The van der Waals surface area contributed by atoms with Crippen LogP contribution in [0.15, 0.2) is 58.7 Å². The molecular weight excluding hydrogens is 318 g/mol. The highest BCUT2D eigenvalue weighted by molar-refractivity contribution is 8.13. The minimum atomic E-state index is 0.449. The lowest BCUT2D eigenvalue weighted by atomic mass is 10.1. The second-order valence-corrected chi connectivity index (χ2v) is 6.44.